The van der Waals surface area contributed by atoms with Gasteiger partial charge in [-0.2, -0.15) is 10.4 Å². The van der Waals surface area contributed by atoms with Crippen molar-refractivity contribution in [3.05, 3.63) is 108 Å². The Labute approximate surface area is 157 Å². The highest BCUT2D eigenvalue weighted by Crippen LogP contribution is 2.25. The van der Waals surface area contributed by atoms with Crippen molar-refractivity contribution in [3.63, 3.8) is 0 Å². The number of hydrogen-bond donors (Lipinski definition) is 1. The van der Waals surface area contributed by atoms with Crippen molar-refractivity contribution in [1.82, 2.24) is 10.4 Å². The highest BCUT2D eigenvalue weighted by atomic mass is 15.3. The van der Waals surface area contributed by atoms with Crippen LogP contribution in [0.1, 0.15) is 16.8 Å². The number of nitrogens with one attached hydrogen (secondary N) is 1. The van der Waals surface area contributed by atoms with Crippen LogP contribution in [-0.4, -0.2) is 16.5 Å². The highest BCUT2D eigenvalue weighted by Gasteiger charge is 2.22. The molecule has 0 spiro atoms. The van der Waals surface area contributed by atoms with Gasteiger partial charge in [-0.1, -0.05) is 66.7 Å². The zero-order valence-corrected chi connectivity index (χ0v) is 14.4. The molecule has 0 radical (unpaired) electrons. The van der Waals surface area contributed by atoms with Crippen molar-refractivity contribution in [2.75, 3.05) is 0 Å². The average Bonchev–Trinajstić information content (AvgIpc) is 2.76. The normalized spacial score (nSPS) is 15.1. The van der Waals surface area contributed by atoms with Gasteiger partial charge in [0.1, 0.15) is 23.2 Å². The fraction of sp³-hybridized carbons (Fsp3) is 0. The van der Waals surface area contributed by atoms with Crippen LogP contribution in [0.3, 0.4) is 0 Å². The van der Waals surface area contributed by atoms with Gasteiger partial charge in [0.15, 0.2) is 5.84 Å². The van der Waals surface area contributed by atoms with Gasteiger partial charge in [0.2, 0.25) is 0 Å². The number of amidine groups is 1. The van der Waals surface area contributed by atoms with Crippen molar-refractivity contribution in [3.8, 4) is 6.07 Å². The summed E-state index contributed by atoms with van der Waals surface area (Å²) < 4.78 is 0. The van der Waals surface area contributed by atoms with Crippen LogP contribution in [0.5, 0.6) is 0 Å². The standard InChI is InChI=1S/C22H15N5/c23-15-18(16-9-3-1-4-10-16)21-20(17-11-5-2-6-12-17)26-27-22(25-21)19-13-7-8-14-24-19/h1-14H,(H,25,27). The van der Waals surface area contributed by atoms with E-state index < -0.39 is 0 Å². The van der Waals surface area contributed by atoms with Gasteiger partial charge in [0, 0.05) is 11.8 Å². The van der Waals surface area contributed by atoms with Crippen LogP contribution in [0.15, 0.2) is 101 Å². The molecule has 0 bridgehead atoms. The Morgan fingerprint density at radius 2 is 1.56 bits per heavy atom. The van der Waals surface area contributed by atoms with Gasteiger partial charge in [0.05, 0.1) is 5.57 Å². The molecule has 0 saturated carbocycles. The number of nitriles is 1. The zero-order valence-electron chi connectivity index (χ0n) is 14.4. The van der Waals surface area contributed by atoms with Crippen molar-refractivity contribution >= 4 is 17.1 Å². The highest BCUT2D eigenvalue weighted by molar-refractivity contribution is 6.21. The number of hydrogen-bond acceptors (Lipinski definition) is 5. The lowest BCUT2D eigenvalue weighted by atomic mass is 9.98. The fourth-order valence-electron chi connectivity index (χ4n) is 2.80. The van der Waals surface area contributed by atoms with Crippen LogP contribution in [-0.2, 0) is 0 Å². The van der Waals surface area contributed by atoms with Gasteiger partial charge in [-0.25, -0.2) is 4.99 Å². The average molecular weight is 349 g/mol. The predicted molar refractivity (Wildman–Crippen MR) is 106 cm³/mol. The summed E-state index contributed by atoms with van der Waals surface area (Å²) in [5, 5.41) is 14.4. The maximum atomic E-state index is 9.89. The first-order valence-corrected chi connectivity index (χ1v) is 8.46. The van der Waals surface area contributed by atoms with Crippen LogP contribution < -0.4 is 5.43 Å². The molecule has 2 aromatic carbocycles. The summed E-state index contributed by atoms with van der Waals surface area (Å²) in [6, 6.07) is 27.1. The third kappa shape index (κ3) is 3.37. The topological polar surface area (TPSA) is 73.4 Å². The number of nitrogens with zero attached hydrogens (tertiary/aromatic N) is 4. The zero-order chi connectivity index (χ0) is 18.5. The Hall–Kier alpha value is -4.04. The predicted octanol–water partition coefficient (Wildman–Crippen LogP) is 3.77. The second-order valence-corrected chi connectivity index (χ2v) is 5.82. The van der Waals surface area contributed by atoms with E-state index in [1.165, 1.54) is 0 Å². The van der Waals surface area contributed by atoms with E-state index in [-0.39, 0.29) is 0 Å². The fourth-order valence-corrected chi connectivity index (χ4v) is 2.80. The molecular weight excluding hydrogens is 334 g/mol. The van der Waals surface area contributed by atoms with Crippen LogP contribution in [0, 0.1) is 11.3 Å². The smallest absolute Gasteiger partial charge is 0.173 e. The van der Waals surface area contributed by atoms with E-state index in [0.717, 1.165) is 11.1 Å². The molecule has 0 unspecified atom stereocenters. The van der Waals surface area contributed by atoms with E-state index in [2.05, 4.69) is 21.6 Å². The van der Waals surface area contributed by atoms with Gasteiger partial charge in [0.25, 0.3) is 0 Å². The van der Waals surface area contributed by atoms with Gasteiger partial charge < -0.3 is 0 Å². The lowest BCUT2D eigenvalue weighted by Crippen LogP contribution is -2.28. The summed E-state index contributed by atoms with van der Waals surface area (Å²) in [7, 11) is 0. The van der Waals surface area contributed by atoms with E-state index >= 15 is 0 Å². The molecule has 0 amide bonds. The quantitative estimate of drug-likeness (QED) is 0.732. The summed E-state index contributed by atoms with van der Waals surface area (Å²) in [5.74, 6) is 0.508. The number of pyridine rings is 1. The van der Waals surface area contributed by atoms with Crippen molar-refractivity contribution < 1.29 is 0 Å². The van der Waals surface area contributed by atoms with Crippen molar-refractivity contribution in [2.24, 2.45) is 10.1 Å². The molecule has 0 saturated heterocycles. The molecule has 1 aromatic heterocycles. The Balaban J connectivity index is 1.91. The van der Waals surface area contributed by atoms with Crippen LogP contribution in [0.25, 0.3) is 5.57 Å². The summed E-state index contributed by atoms with van der Waals surface area (Å²) in [4.78, 5) is 9.05. The minimum Gasteiger partial charge on any atom is -0.259 e. The summed E-state index contributed by atoms with van der Waals surface area (Å²) >= 11 is 0. The van der Waals surface area contributed by atoms with Crippen molar-refractivity contribution in [2.45, 2.75) is 0 Å². The summed E-state index contributed by atoms with van der Waals surface area (Å²) in [6.45, 7) is 0. The maximum absolute atomic E-state index is 9.89. The largest absolute Gasteiger partial charge is 0.259 e. The number of rotatable bonds is 3. The third-order valence-corrected chi connectivity index (χ3v) is 4.09. The SMILES string of the molecule is N#CC(=C1N=C(c2ccccn2)NN=C1c1ccccc1)c1ccccc1. The molecule has 27 heavy (non-hydrogen) atoms. The molecule has 0 fully saturated rings. The Morgan fingerprint density at radius 1 is 0.852 bits per heavy atom. The van der Waals surface area contributed by atoms with Crippen LogP contribution in [0.2, 0.25) is 0 Å². The molecule has 1 aliphatic heterocycles. The molecule has 1 aliphatic rings. The molecule has 128 valence electrons. The van der Waals surface area contributed by atoms with E-state index in [4.69, 9.17) is 4.99 Å². The van der Waals surface area contributed by atoms with Gasteiger partial charge in [-0.15, -0.1) is 0 Å². The lowest BCUT2D eigenvalue weighted by molar-refractivity contribution is 0.985. The van der Waals surface area contributed by atoms with Crippen LogP contribution >= 0.6 is 0 Å². The minimum atomic E-state index is 0.466. The van der Waals surface area contributed by atoms with Crippen molar-refractivity contribution in [1.29, 1.82) is 5.26 Å². The number of aliphatic imine (C=N–C) groups is 1. The van der Waals surface area contributed by atoms with Gasteiger partial charge in [-0.3, -0.25) is 10.4 Å². The van der Waals surface area contributed by atoms with E-state index in [0.29, 0.717) is 28.5 Å². The summed E-state index contributed by atoms with van der Waals surface area (Å²) in [5.41, 5.74) is 6.93. The monoisotopic (exact) mass is 349 g/mol. The number of allylic oxidation sites excluding steroid dienone is 2. The number of aromatic nitrogens is 1. The molecule has 3 aromatic rings. The number of benzene rings is 2. The van der Waals surface area contributed by atoms with Crippen LogP contribution in [0.4, 0.5) is 0 Å². The Morgan fingerprint density at radius 3 is 2.22 bits per heavy atom. The molecule has 5 heteroatoms. The first-order chi connectivity index (χ1) is 13.4. The first-order valence-electron chi connectivity index (χ1n) is 8.46. The summed E-state index contributed by atoms with van der Waals surface area (Å²) in [6.07, 6.45) is 1.70. The molecule has 5 nitrogen and oxygen atoms in total. The molecule has 4 rings (SSSR count). The Kier molecular flexibility index (Phi) is 4.54. The minimum absolute atomic E-state index is 0.466. The van der Waals surface area contributed by atoms with Gasteiger partial charge in [-0.05, 0) is 17.7 Å². The lowest BCUT2D eigenvalue weighted by Gasteiger charge is -2.17. The third-order valence-electron chi connectivity index (χ3n) is 4.09. The van der Waals surface area contributed by atoms with E-state index in [1.54, 1.807) is 6.20 Å². The molecule has 1 N–H and O–H groups in total. The molecule has 0 aliphatic carbocycles. The van der Waals surface area contributed by atoms with E-state index in [9.17, 15) is 5.26 Å². The second-order valence-electron chi connectivity index (χ2n) is 5.82. The molecule has 2 heterocycles. The molecular formula is C22H15N5. The second kappa shape index (κ2) is 7.46. The Bertz CT molecular complexity index is 1080. The van der Waals surface area contributed by atoms with Gasteiger partial charge >= 0.3 is 0 Å². The maximum Gasteiger partial charge on any atom is 0.173 e. The first kappa shape index (κ1) is 16.4. The molecule has 0 atom stereocenters. The van der Waals surface area contributed by atoms with E-state index in [1.807, 2.05) is 78.9 Å². The number of hydrazone groups is 1.